The molecule has 4 rings (SSSR count). The Morgan fingerprint density at radius 3 is 2.26 bits per heavy atom. The first-order valence-corrected chi connectivity index (χ1v) is 13.0. The van der Waals surface area contributed by atoms with Crippen molar-refractivity contribution in [2.24, 2.45) is 0 Å². The molecule has 0 atom stereocenters. The maximum Gasteiger partial charge on any atom is 0.232 e. The Morgan fingerprint density at radius 2 is 1.60 bits per heavy atom. The van der Waals surface area contributed by atoms with Gasteiger partial charge in [0.25, 0.3) is 0 Å². The summed E-state index contributed by atoms with van der Waals surface area (Å²) in [7, 11) is 0.271. The zero-order chi connectivity index (χ0) is 25.0. The molecule has 0 bridgehead atoms. The quantitative estimate of drug-likeness (QED) is 0.481. The number of hydrogen-bond acceptors (Lipinski definition) is 10. The second kappa shape index (κ2) is 10.4. The van der Waals surface area contributed by atoms with E-state index in [2.05, 4.69) is 42.4 Å². The van der Waals surface area contributed by atoms with Crippen molar-refractivity contribution in [2.45, 2.75) is 24.0 Å². The maximum absolute atomic E-state index is 12.8. The van der Waals surface area contributed by atoms with Gasteiger partial charge in [-0.3, -0.25) is 0 Å². The molecule has 1 aromatic heterocycles. The van der Waals surface area contributed by atoms with Crippen LogP contribution in [0.2, 0.25) is 0 Å². The summed E-state index contributed by atoms with van der Waals surface area (Å²) in [5.74, 6) is 1.20. The number of sulfone groups is 1. The second-order valence-corrected chi connectivity index (χ2v) is 11.1. The second-order valence-electron chi connectivity index (χ2n) is 8.65. The van der Waals surface area contributed by atoms with E-state index in [1.807, 2.05) is 18.2 Å². The van der Waals surface area contributed by atoms with Crippen molar-refractivity contribution in [2.75, 3.05) is 55.9 Å². The van der Waals surface area contributed by atoms with E-state index < -0.39 is 15.1 Å². The number of hydrogen-bond donors (Lipinski definition) is 2. The van der Waals surface area contributed by atoms with Crippen LogP contribution >= 0.6 is 0 Å². The minimum Gasteiger partial charge on any atom is -0.494 e. The fraction of sp³-hybridized carbons (Fsp3) is 0.375. The number of benzene rings is 2. The molecule has 1 saturated heterocycles. The zero-order valence-electron chi connectivity index (χ0n) is 20.4. The number of aromatic nitrogens is 3. The van der Waals surface area contributed by atoms with E-state index in [1.165, 1.54) is 6.33 Å². The van der Waals surface area contributed by atoms with E-state index in [9.17, 15) is 8.42 Å². The van der Waals surface area contributed by atoms with Crippen LogP contribution in [-0.2, 0) is 9.84 Å². The van der Waals surface area contributed by atoms with E-state index in [4.69, 9.17) is 4.74 Å². The van der Waals surface area contributed by atoms with Gasteiger partial charge >= 0.3 is 0 Å². The van der Waals surface area contributed by atoms with Gasteiger partial charge in [0.1, 0.15) is 12.1 Å². The van der Waals surface area contributed by atoms with Crippen LogP contribution in [-0.4, -0.2) is 73.9 Å². The largest absolute Gasteiger partial charge is 0.494 e. The molecule has 2 heterocycles. The van der Waals surface area contributed by atoms with E-state index in [-0.39, 0.29) is 10.8 Å². The van der Waals surface area contributed by atoms with E-state index in [0.717, 1.165) is 31.9 Å². The number of rotatable bonds is 8. The van der Waals surface area contributed by atoms with Crippen LogP contribution in [0.4, 0.5) is 29.0 Å². The van der Waals surface area contributed by atoms with Crippen LogP contribution in [0.5, 0.6) is 5.75 Å². The number of para-hydroxylation sites is 1. The number of nitrogens with zero attached hydrogens (tertiary/aromatic N) is 5. The van der Waals surface area contributed by atoms with Crippen LogP contribution in [0.1, 0.15) is 13.8 Å². The summed E-state index contributed by atoms with van der Waals surface area (Å²) in [6.07, 6.45) is 1.36. The minimum absolute atomic E-state index is 0.200. The first-order valence-electron chi connectivity index (χ1n) is 11.5. The lowest BCUT2D eigenvalue weighted by atomic mass is 10.2. The van der Waals surface area contributed by atoms with Crippen molar-refractivity contribution in [3.63, 3.8) is 0 Å². The SMILES string of the molecule is COc1cc(N2CCN(C)CC2)ccc1Nc1ncnc(Nc2ccccc2S(=O)(=O)C(C)C)n1. The molecule has 11 heteroatoms. The van der Waals surface area contributed by atoms with Crippen molar-refractivity contribution in [1.29, 1.82) is 0 Å². The van der Waals surface area contributed by atoms with Gasteiger partial charge in [-0.1, -0.05) is 12.1 Å². The van der Waals surface area contributed by atoms with Gasteiger partial charge in [-0.2, -0.15) is 4.98 Å². The van der Waals surface area contributed by atoms with Gasteiger partial charge in [0, 0.05) is 37.9 Å². The number of ether oxygens (including phenoxy) is 1. The maximum atomic E-state index is 12.8. The first-order chi connectivity index (χ1) is 16.8. The highest BCUT2D eigenvalue weighted by Gasteiger charge is 2.23. The lowest BCUT2D eigenvalue weighted by molar-refractivity contribution is 0.312. The molecule has 35 heavy (non-hydrogen) atoms. The van der Waals surface area contributed by atoms with Crippen molar-refractivity contribution in [3.05, 3.63) is 48.8 Å². The Morgan fingerprint density at radius 1 is 0.943 bits per heavy atom. The standard InChI is InChI=1S/C24H31N7O3S/c1-17(2)35(32,33)22-8-6-5-7-20(22)28-24-26-16-25-23(29-24)27-19-10-9-18(15-21(19)34-4)31-13-11-30(3)12-14-31/h5-10,15-17H,11-14H2,1-4H3,(H2,25,26,27,28,29). The highest BCUT2D eigenvalue weighted by atomic mass is 32.2. The molecule has 1 aliphatic rings. The Labute approximate surface area is 206 Å². The van der Waals surface area contributed by atoms with Crippen LogP contribution in [0.15, 0.2) is 53.7 Å². The van der Waals surface area contributed by atoms with Crippen LogP contribution in [0.3, 0.4) is 0 Å². The van der Waals surface area contributed by atoms with Gasteiger partial charge in [-0.05, 0) is 45.2 Å². The van der Waals surface area contributed by atoms with Crippen molar-refractivity contribution < 1.29 is 13.2 Å². The lowest BCUT2D eigenvalue weighted by Gasteiger charge is -2.34. The average molecular weight is 498 g/mol. The third kappa shape index (κ3) is 5.63. The molecule has 0 amide bonds. The third-order valence-corrected chi connectivity index (χ3v) is 8.14. The topological polar surface area (TPSA) is 113 Å². The molecule has 1 aliphatic heterocycles. The van der Waals surface area contributed by atoms with Gasteiger partial charge in [-0.25, -0.2) is 18.4 Å². The number of piperazine rings is 1. The Hall–Kier alpha value is -3.44. The zero-order valence-corrected chi connectivity index (χ0v) is 21.2. The summed E-state index contributed by atoms with van der Waals surface area (Å²) < 4.78 is 31.1. The van der Waals surface area contributed by atoms with Gasteiger partial charge in [0.15, 0.2) is 9.84 Å². The molecule has 0 spiro atoms. The molecular weight excluding hydrogens is 466 g/mol. The molecule has 0 saturated carbocycles. The molecule has 0 radical (unpaired) electrons. The van der Waals surface area contributed by atoms with Gasteiger partial charge in [0.2, 0.25) is 11.9 Å². The summed E-state index contributed by atoms with van der Waals surface area (Å²) in [4.78, 5) is 17.6. The summed E-state index contributed by atoms with van der Waals surface area (Å²) >= 11 is 0. The smallest absolute Gasteiger partial charge is 0.232 e. The summed E-state index contributed by atoms with van der Waals surface area (Å²) in [5.41, 5.74) is 2.22. The molecule has 3 aromatic rings. The molecule has 186 valence electrons. The predicted octanol–water partition coefficient (Wildman–Crippen LogP) is 3.30. The van der Waals surface area contributed by atoms with Crippen molar-refractivity contribution >= 4 is 38.8 Å². The fourth-order valence-corrected chi connectivity index (χ4v) is 4.98. The van der Waals surface area contributed by atoms with E-state index in [0.29, 0.717) is 23.1 Å². The van der Waals surface area contributed by atoms with Crippen molar-refractivity contribution in [3.8, 4) is 5.75 Å². The monoisotopic (exact) mass is 497 g/mol. The molecule has 0 aliphatic carbocycles. The summed E-state index contributed by atoms with van der Waals surface area (Å²) in [6, 6.07) is 12.7. The summed E-state index contributed by atoms with van der Waals surface area (Å²) in [6.45, 7) is 7.26. The highest BCUT2D eigenvalue weighted by molar-refractivity contribution is 7.92. The Kier molecular flexibility index (Phi) is 7.37. The predicted molar refractivity (Wildman–Crippen MR) is 138 cm³/mol. The molecule has 2 N–H and O–H groups in total. The Balaban J connectivity index is 1.54. The number of methoxy groups -OCH3 is 1. The number of anilines is 5. The van der Waals surface area contributed by atoms with E-state index in [1.54, 1.807) is 45.2 Å². The minimum atomic E-state index is -3.48. The molecular formula is C24H31N7O3S. The normalized spacial score (nSPS) is 14.7. The van der Waals surface area contributed by atoms with Crippen LogP contribution in [0, 0.1) is 0 Å². The average Bonchev–Trinajstić information content (AvgIpc) is 2.85. The fourth-order valence-electron chi connectivity index (χ4n) is 3.77. The molecule has 2 aromatic carbocycles. The lowest BCUT2D eigenvalue weighted by Crippen LogP contribution is -2.44. The molecule has 1 fully saturated rings. The van der Waals surface area contributed by atoms with Crippen LogP contribution in [0.25, 0.3) is 0 Å². The van der Waals surface area contributed by atoms with E-state index >= 15 is 0 Å². The van der Waals surface area contributed by atoms with Crippen LogP contribution < -0.4 is 20.3 Å². The number of nitrogens with one attached hydrogen (secondary N) is 2. The van der Waals surface area contributed by atoms with Gasteiger partial charge < -0.3 is 25.2 Å². The first kappa shape index (κ1) is 24.7. The van der Waals surface area contributed by atoms with Gasteiger partial charge in [0.05, 0.1) is 28.6 Å². The summed E-state index contributed by atoms with van der Waals surface area (Å²) in [5, 5.41) is 5.64. The molecule has 0 unspecified atom stereocenters. The highest BCUT2D eigenvalue weighted by Crippen LogP contribution is 2.32. The third-order valence-electron chi connectivity index (χ3n) is 5.93. The number of likely N-dealkylation sites (N-methyl/N-ethyl adjacent to an activating group) is 1. The van der Waals surface area contributed by atoms with Gasteiger partial charge in [-0.15, -0.1) is 0 Å². The molecule has 10 nitrogen and oxygen atoms in total. The Bertz CT molecular complexity index is 1280. The van der Waals surface area contributed by atoms with Crippen molar-refractivity contribution in [1.82, 2.24) is 19.9 Å².